The van der Waals surface area contributed by atoms with Crippen LogP contribution in [-0.4, -0.2) is 78.4 Å². The molecule has 1 amide bonds. The van der Waals surface area contributed by atoms with Gasteiger partial charge in [0.2, 0.25) is 5.78 Å². The molecular weight excluding hydrogens is 692 g/mol. The molecule has 2 aromatic carbocycles. The fraction of sp³-hybridized carbons (Fsp3) is 0.450. The third kappa shape index (κ3) is 7.38. The molecule has 12 nitrogen and oxygen atoms in total. The van der Waals surface area contributed by atoms with Crippen LogP contribution in [0, 0.1) is 23.2 Å². The zero-order valence-electron chi connectivity index (χ0n) is 30.5. The van der Waals surface area contributed by atoms with E-state index in [1.807, 2.05) is 48.5 Å². The van der Waals surface area contributed by atoms with Crippen LogP contribution in [0.2, 0.25) is 5.02 Å². The maximum atomic E-state index is 13.7. The van der Waals surface area contributed by atoms with Gasteiger partial charge in [-0.15, -0.1) is 0 Å². The molecule has 0 spiro atoms. The molecule has 2 N–H and O–H groups in total. The summed E-state index contributed by atoms with van der Waals surface area (Å²) >= 11 is 6.97. The number of carboxylic acid groups (broad SMARTS) is 1. The smallest absolute Gasteiger partial charge is 0.306 e. The number of hydrogen-bond donors (Lipinski definition) is 2. The van der Waals surface area contributed by atoms with Gasteiger partial charge < -0.3 is 24.5 Å². The minimum absolute atomic E-state index is 0.0552. The second-order valence-corrected chi connectivity index (χ2v) is 15.2. The summed E-state index contributed by atoms with van der Waals surface area (Å²) in [5.41, 5.74) is 6.29. The van der Waals surface area contributed by atoms with E-state index in [9.17, 15) is 24.8 Å². The second-order valence-electron chi connectivity index (χ2n) is 14.8. The molecular formula is C40H45ClN8O4. The van der Waals surface area contributed by atoms with Crippen LogP contribution in [0.5, 0.6) is 0 Å². The average Bonchev–Trinajstić information content (AvgIpc) is 3.66. The molecule has 53 heavy (non-hydrogen) atoms. The van der Waals surface area contributed by atoms with Gasteiger partial charge >= 0.3 is 5.97 Å². The number of fused-ring (bicyclic) bond motifs is 2. The molecule has 0 unspecified atom stereocenters. The van der Waals surface area contributed by atoms with Gasteiger partial charge in [-0.05, 0) is 63.2 Å². The lowest BCUT2D eigenvalue weighted by Crippen LogP contribution is -2.33. The average molecular weight is 737 g/mol. The maximum Gasteiger partial charge on any atom is 0.306 e. The van der Waals surface area contributed by atoms with Crippen LogP contribution < -0.4 is 5.32 Å². The third-order valence-electron chi connectivity index (χ3n) is 11.4. The van der Waals surface area contributed by atoms with E-state index in [4.69, 9.17) is 16.6 Å². The Morgan fingerprint density at radius 1 is 0.906 bits per heavy atom. The van der Waals surface area contributed by atoms with Crippen molar-refractivity contribution in [2.24, 2.45) is 25.9 Å². The van der Waals surface area contributed by atoms with E-state index in [2.05, 4.69) is 26.2 Å². The predicted molar refractivity (Wildman–Crippen MR) is 201 cm³/mol. The predicted octanol–water partition coefficient (Wildman–Crippen LogP) is 5.65. The SMILES string of the molecule is CN1CCc2c(nc(C(=O)Cc3cccc(-c4cccc(NC(=O)c5nc6c(n5C)CCN(CCC5CCC(C(=O)O)CC5)C6)c4C#N)c3Cl)n2C)C1. The molecule has 2 aliphatic heterocycles. The van der Waals surface area contributed by atoms with Crippen molar-refractivity contribution in [2.75, 3.05) is 32.0 Å². The Hall–Kier alpha value is -4.83. The summed E-state index contributed by atoms with van der Waals surface area (Å²) in [7, 11) is 5.78. The number of anilines is 1. The first-order valence-electron chi connectivity index (χ1n) is 18.4. The van der Waals surface area contributed by atoms with E-state index in [0.29, 0.717) is 52.2 Å². The topological polar surface area (TPSA) is 149 Å². The highest BCUT2D eigenvalue weighted by Gasteiger charge is 2.30. The number of imidazole rings is 2. The monoisotopic (exact) mass is 736 g/mol. The van der Waals surface area contributed by atoms with Crippen molar-refractivity contribution in [1.82, 2.24) is 28.9 Å². The molecule has 1 fully saturated rings. The summed E-state index contributed by atoms with van der Waals surface area (Å²) in [5, 5.41) is 23.0. The molecule has 7 rings (SSSR count). The van der Waals surface area contributed by atoms with Crippen molar-refractivity contribution in [1.29, 1.82) is 5.26 Å². The summed E-state index contributed by atoms with van der Waals surface area (Å²) in [6.45, 7) is 4.05. The van der Waals surface area contributed by atoms with Crippen molar-refractivity contribution in [3.8, 4) is 17.2 Å². The van der Waals surface area contributed by atoms with Gasteiger partial charge in [-0.2, -0.15) is 5.26 Å². The number of Topliss-reactive ketones (excluding diaryl/α,β-unsaturated/α-hetero) is 1. The molecule has 0 radical (unpaired) electrons. The van der Waals surface area contributed by atoms with Crippen LogP contribution in [0.25, 0.3) is 11.1 Å². The molecule has 1 saturated carbocycles. The summed E-state index contributed by atoms with van der Waals surface area (Å²) in [5.74, 6) is -0.190. The van der Waals surface area contributed by atoms with E-state index in [-0.39, 0.29) is 29.5 Å². The van der Waals surface area contributed by atoms with E-state index in [1.54, 1.807) is 18.2 Å². The van der Waals surface area contributed by atoms with Gasteiger partial charge in [0.1, 0.15) is 6.07 Å². The molecule has 0 saturated heterocycles. The number of amides is 1. The Labute approximate surface area is 314 Å². The number of rotatable bonds is 10. The number of benzene rings is 2. The van der Waals surface area contributed by atoms with Crippen LogP contribution >= 0.6 is 11.6 Å². The van der Waals surface area contributed by atoms with Gasteiger partial charge in [0, 0.05) is 82.1 Å². The standard InChI is InChI=1S/C40H45ClN8O4/c1-46-17-15-33-31(22-46)43-37(47(33)2)35(50)20-26-6-4-8-28(36(26)41)27-7-5-9-30(29(27)21-42)45-39(51)38-44-32-23-49(19-16-34(32)48(38)3)18-14-24-10-12-25(13-11-24)40(52)53/h4-9,24-25H,10-20,22-23H2,1-3H3,(H,45,51)(H,52,53). The van der Waals surface area contributed by atoms with Crippen LogP contribution in [0.4, 0.5) is 5.69 Å². The second kappa shape index (κ2) is 15.3. The number of ketones is 1. The summed E-state index contributed by atoms with van der Waals surface area (Å²) < 4.78 is 3.74. The van der Waals surface area contributed by atoms with Gasteiger partial charge in [-0.1, -0.05) is 41.9 Å². The van der Waals surface area contributed by atoms with Crippen LogP contribution in [-0.2, 0) is 51.2 Å². The number of nitriles is 1. The van der Waals surface area contributed by atoms with E-state index in [0.717, 1.165) is 87.4 Å². The van der Waals surface area contributed by atoms with Gasteiger partial charge in [0.25, 0.3) is 5.91 Å². The van der Waals surface area contributed by atoms with Crippen molar-refractivity contribution in [2.45, 2.75) is 64.5 Å². The van der Waals surface area contributed by atoms with Gasteiger partial charge in [0.15, 0.2) is 11.6 Å². The van der Waals surface area contributed by atoms with Crippen molar-refractivity contribution in [3.05, 3.63) is 87.0 Å². The number of aromatic nitrogens is 4. The molecule has 1 aliphatic carbocycles. The van der Waals surface area contributed by atoms with Gasteiger partial charge in [-0.3, -0.25) is 19.3 Å². The quantitative estimate of drug-likeness (QED) is 0.197. The Kier molecular flexibility index (Phi) is 10.5. The number of hydrogen-bond acceptors (Lipinski definition) is 8. The minimum Gasteiger partial charge on any atom is -0.481 e. The normalized spacial score (nSPS) is 18.9. The van der Waals surface area contributed by atoms with Gasteiger partial charge in [0.05, 0.1) is 33.6 Å². The lowest BCUT2D eigenvalue weighted by molar-refractivity contribution is -0.143. The first-order chi connectivity index (χ1) is 25.5. The fourth-order valence-corrected chi connectivity index (χ4v) is 8.60. The van der Waals surface area contributed by atoms with Crippen LogP contribution in [0.3, 0.4) is 0 Å². The molecule has 4 heterocycles. The Balaban J connectivity index is 1.04. The third-order valence-corrected chi connectivity index (χ3v) is 11.9. The van der Waals surface area contributed by atoms with Gasteiger partial charge in [-0.25, -0.2) is 9.97 Å². The molecule has 0 atom stereocenters. The number of nitrogens with zero attached hydrogens (tertiary/aromatic N) is 7. The van der Waals surface area contributed by atoms with Crippen LogP contribution in [0.1, 0.15) is 87.2 Å². The molecule has 13 heteroatoms. The highest BCUT2D eigenvalue weighted by Crippen LogP contribution is 2.37. The number of aliphatic carboxylic acids is 1. The number of likely N-dealkylation sites (N-methyl/N-ethyl adjacent to an activating group) is 1. The fourth-order valence-electron chi connectivity index (χ4n) is 8.30. The molecule has 3 aliphatic rings. The number of carboxylic acids is 1. The summed E-state index contributed by atoms with van der Waals surface area (Å²) in [6.07, 6.45) is 6.12. The van der Waals surface area contributed by atoms with Crippen LogP contribution in [0.15, 0.2) is 36.4 Å². The summed E-state index contributed by atoms with van der Waals surface area (Å²) in [4.78, 5) is 52.6. The Morgan fingerprint density at radius 3 is 2.30 bits per heavy atom. The highest BCUT2D eigenvalue weighted by molar-refractivity contribution is 6.34. The molecule has 4 aromatic rings. The highest BCUT2D eigenvalue weighted by atomic mass is 35.5. The minimum atomic E-state index is -0.675. The van der Waals surface area contributed by atoms with E-state index < -0.39 is 11.9 Å². The number of halogens is 1. The molecule has 0 bridgehead atoms. The van der Waals surface area contributed by atoms with Crippen molar-refractivity contribution in [3.63, 3.8) is 0 Å². The number of nitrogens with one attached hydrogen (secondary N) is 1. The Bertz CT molecular complexity index is 2120. The molecule has 276 valence electrons. The lowest BCUT2D eigenvalue weighted by atomic mass is 9.80. The first-order valence-corrected chi connectivity index (χ1v) is 18.8. The maximum absolute atomic E-state index is 13.7. The van der Waals surface area contributed by atoms with E-state index in [1.165, 1.54) is 0 Å². The number of carbonyl (C=O) groups is 3. The van der Waals surface area contributed by atoms with Crippen molar-refractivity contribution >= 4 is 34.9 Å². The summed E-state index contributed by atoms with van der Waals surface area (Å²) in [6, 6.07) is 13.0. The zero-order valence-corrected chi connectivity index (χ0v) is 31.2. The lowest BCUT2D eigenvalue weighted by Gasteiger charge is -2.30. The zero-order chi connectivity index (χ0) is 37.4. The largest absolute Gasteiger partial charge is 0.481 e. The van der Waals surface area contributed by atoms with Crippen molar-refractivity contribution < 1.29 is 19.5 Å². The van der Waals surface area contributed by atoms with E-state index >= 15 is 0 Å². The Morgan fingerprint density at radius 2 is 1.57 bits per heavy atom. The number of carbonyl (C=O) groups excluding carboxylic acids is 2. The first kappa shape index (κ1) is 36.5. The molecule has 2 aromatic heterocycles.